The molecular weight excluding hydrogens is 276 g/mol. The van der Waals surface area contributed by atoms with E-state index in [2.05, 4.69) is 5.32 Å². The Morgan fingerprint density at radius 3 is 2.14 bits per heavy atom. The number of carbonyl (C=O) groups excluding carboxylic acids is 2. The van der Waals surface area contributed by atoms with Gasteiger partial charge >= 0.3 is 18.0 Å². The first kappa shape index (κ1) is 19.2. The Hall–Kier alpha value is -1.79. The number of carboxylic acids is 1. The van der Waals surface area contributed by atoms with E-state index in [1.165, 1.54) is 4.90 Å². The van der Waals surface area contributed by atoms with E-state index >= 15 is 0 Å². The fourth-order valence-electron chi connectivity index (χ4n) is 1.74. The normalized spacial score (nSPS) is 12.1. The van der Waals surface area contributed by atoms with Crippen LogP contribution in [0, 0.1) is 11.8 Å². The van der Waals surface area contributed by atoms with Gasteiger partial charge in [-0.2, -0.15) is 0 Å². The molecule has 0 aromatic heterocycles. The number of esters is 1. The lowest BCUT2D eigenvalue weighted by Gasteiger charge is -2.27. The van der Waals surface area contributed by atoms with Crippen molar-refractivity contribution in [2.75, 3.05) is 19.7 Å². The van der Waals surface area contributed by atoms with Crippen LogP contribution in [0.15, 0.2) is 0 Å². The molecule has 0 aromatic rings. The second-order valence-corrected chi connectivity index (χ2v) is 5.40. The first-order valence-corrected chi connectivity index (χ1v) is 7.13. The molecule has 21 heavy (non-hydrogen) atoms. The fourth-order valence-corrected chi connectivity index (χ4v) is 1.74. The SMILES string of the molecule is CCOC(=O)CN(C(=O)NCC(C(=O)O)C(C)C)C(C)C. The molecule has 1 atom stereocenters. The monoisotopic (exact) mass is 302 g/mol. The van der Waals surface area contributed by atoms with Crippen LogP contribution >= 0.6 is 0 Å². The van der Waals surface area contributed by atoms with Crippen molar-refractivity contribution in [3.8, 4) is 0 Å². The highest BCUT2D eigenvalue weighted by molar-refractivity contribution is 5.81. The quantitative estimate of drug-likeness (QED) is 0.659. The lowest BCUT2D eigenvalue weighted by Crippen LogP contribution is -2.48. The van der Waals surface area contributed by atoms with Gasteiger partial charge < -0.3 is 20.1 Å². The van der Waals surface area contributed by atoms with E-state index in [4.69, 9.17) is 9.84 Å². The van der Waals surface area contributed by atoms with Crippen LogP contribution in [0.5, 0.6) is 0 Å². The Bertz CT molecular complexity index is 368. The molecule has 0 spiro atoms. The first-order chi connectivity index (χ1) is 9.70. The highest BCUT2D eigenvalue weighted by Crippen LogP contribution is 2.10. The van der Waals surface area contributed by atoms with E-state index in [9.17, 15) is 14.4 Å². The molecular formula is C14H26N2O5. The molecule has 7 nitrogen and oxygen atoms in total. The topological polar surface area (TPSA) is 95.9 Å². The van der Waals surface area contributed by atoms with Crippen molar-refractivity contribution in [1.82, 2.24) is 10.2 Å². The molecule has 0 aliphatic carbocycles. The molecule has 0 saturated heterocycles. The number of nitrogens with zero attached hydrogens (tertiary/aromatic N) is 1. The lowest BCUT2D eigenvalue weighted by atomic mass is 9.96. The number of rotatable bonds is 8. The average molecular weight is 302 g/mol. The fraction of sp³-hybridized carbons (Fsp3) is 0.786. The lowest BCUT2D eigenvalue weighted by molar-refractivity contribution is -0.145. The summed E-state index contributed by atoms with van der Waals surface area (Å²) in [6.45, 7) is 8.92. The van der Waals surface area contributed by atoms with Gasteiger partial charge in [0.2, 0.25) is 0 Å². The number of hydrogen-bond acceptors (Lipinski definition) is 4. The van der Waals surface area contributed by atoms with E-state index in [1.54, 1.807) is 34.6 Å². The third-order valence-corrected chi connectivity index (χ3v) is 3.08. The Balaban J connectivity index is 4.62. The van der Waals surface area contributed by atoms with Crippen LogP contribution < -0.4 is 5.32 Å². The summed E-state index contributed by atoms with van der Waals surface area (Å²) in [5.41, 5.74) is 0. The molecule has 0 fully saturated rings. The van der Waals surface area contributed by atoms with E-state index in [-0.39, 0.29) is 31.7 Å². The van der Waals surface area contributed by atoms with Crippen LogP contribution in [-0.4, -0.2) is 53.7 Å². The molecule has 0 aromatic carbocycles. The molecule has 0 aliphatic heterocycles. The number of amides is 2. The molecule has 1 unspecified atom stereocenters. The van der Waals surface area contributed by atoms with Crippen molar-refractivity contribution < 1.29 is 24.2 Å². The number of urea groups is 1. The summed E-state index contributed by atoms with van der Waals surface area (Å²) in [6, 6.07) is -0.665. The van der Waals surface area contributed by atoms with Crippen LogP contribution in [0.4, 0.5) is 4.79 Å². The molecule has 2 N–H and O–H groups in total. The van der Waals surface area contributed by atoms with Crippen LogP contribution in [0.1, 0.15) is 34.6 Å². The molecule has 0 aliphatic rings. The molecule has 0 bridgehead atoms. The molecule has 2 amide bonds. The maximum Gasteiger partial charge on any atom is 0.325 e. The highest BCUT2D eigenvalue weighted by Gasteiger charge is 2.25. The maximum atomic E-state index is 12.1. The number of nitrogens with one attached hydrogen (secondary N) is 1. The highest BCUT2D eigenvalue weighted by atomic mass is 16.5. The third kappa shape index (κ3) is 6.97. The summed E-state index contributed by atoms with van der Waals surface area (Å²) >= 11 is 0. The Labute approximate surface area is 125 Å². The summed E-state index contributed by atoms with van der Waals surface area (Å²) in [6.07, 6.45) is 0. The molecule has 0 heterocycles. The van der Waals surface area contributed by atoms with Crippen molar-refractivity contribution in [3.63, 3.8) is 0 Å². The van der Waals surface area contributed by atoms with E-state index in [1.807, 2.05) is 0 Å². The second kappa shape index (κ2) is 9.20. The van der Waals surface area contributed by atoms with E-state index < -0.39 is 23.9 Å². The molecule has 0 radical (unpaired) electrons. The van der Waals surface area contributed by atoms with Crippen molar-refractivity contribution in [2.24, 2.45) is 11.8 Å². The van der Waals surface area contributed by atoms with Gasteiger partial charge in [0.15, 0.2) is 0 Å². The molecule has 7 heteroatoms. The minimum absolute atomic E-state index is 0.0257. The van der Waals surface area contributed by atoms with E-state index in [0.29, 0.717) is 0 Å². The van der Waals surface area contributed by atoms with Gasteiger partial charge in [0.05, 0.1) is 12.5 Å². The number of carboxylic acid groups (broad SMARTS) is 1. The van der Waals surface area contributed by atoms with Gasteiger partial charge in [-0.25, -0.2) is 4.79 Å². The smallest absolute Gasteiger partial charge is 0.325 e. The van der Waals surface area contributed by atoms with E-state index in [0.717, 1.165) is 0 Å². The van der Waals surface area contributed by atoms with Crippen molar-refractivity contribution >= 4 is 18.0 Å². The average Bonchev–Trinajstić information content (AvgIpc) is 2.34. The van der Waals surface area contributed by atoms with Gasteiger partial charge in [-0.3, -0.25) is 9.59 Å². The Morgan fingerprint density at radius 1 is 1.19 bits per heavy atom. The van der Waals surface area contributed by atoms with Gasteiger partial charge in [0, 0.05) is 12.6 Å². The number of carbonyl (C=O) groups is 3. The number of hydrogen-bond donors (Lipinski definition) is 2. The summed E-state index contributed by atoms with van der Waals surface area (Å²) in [5, 5.41) is 11.7. The predicted octanol–water partition coefficient (Wildman–Crippen LogP) is 1.33. The summed E-state index contributed by atoms with van der Waals surface area (Å²) in [4.78, 5) is 36.0. The molecule has 0 saturated carbocycles. The van der Waals surface area contributed by atoms with Crippen LogP contribution in [0.3, 0.4) is 0 Å². The Kier molecular flexibility index (Phi) is 8.42. The van der Waals surface area contributed by atoms with Crippen molar-refractivity contribution in [3.05, 3.63) is 0 Å². The first-order valence-electron chi connectivity index (χ1n) is 7.13. The van der Waals surface area contributed by atoms with Gasteiger partial charge in [0.1, 0.15) is 6.54 Å². The number of aliphatic carboxylic acids is 1. The zero-order valence-electron chi connectivity index (χ0n) is 13.4. The Morgan fingerprint density at radius 2 is 1.76 bits per heavy atom. The van der Waals surface area contributed by atoms with Gasteiger partial charge in [-0.15, -0.1) is 0 Å². The summed E-state index contributed by atoms with van der Waals surface area (Å²) < 4.78 is 4.82. The minimum Gasteiger partial charge on any atom is -0.481 e. The number of ether oxygens (including phenoxy) is 1. The van der Waals surface area contributed by atoms with Gasteiger partial charge in [-0.1, -0.05) is 13.8 Å². The second-order valence-electron chi connectivity index (χ2n) is 5.40. The zero-order chi connectivity index (χ0) is 16.6. The van der Waals surface area contributed by atoms with Gasteiger partial charge in [-0.05, 0) is 26.7 Å². The van der Waals surface area contributed by atoms with Crippen LogP contribution in [0.25, 0.3) is 0 Å². The minimum atomic E-state index is -0.952. The van der Waals surface area contributed by atoms with Crippen LogP contribution in [0.2, 0.25) is 0 Å². The standard InChI is InChI=1S/C14H26N2O5/c1-6-21-12(17)8-16(10(4)5)14(20)15-7-11(9(2)3)13(18)19/h9-11H,6-8H2,1-5H3,(H,15,20)(H,18,19). The molecule has 122 valence electrons. The molecule has 0 rings (SSSR count). The van der Waals surface area contributed by atoms with Crippen LogP contribution in [-0.2, 0) is 14.3 Å². The maximum absolute atomic E-state index is 12.1. The van der Waals surface area contributed by atoms with Crippen molar-refractivity contribution in [2.45, 2.75) is 40.7 Å². The summed E-state index contributed by atoms with van der Waals surface area (Å²) in [7, 11) is 0. The summed E-state index contributed by atoms with van der Waals surface area (Å²) in [5.74, 6) is -2.20. The third-order valence-electron chi connectivity index (χ3n) is 3.08. The van der Waals surface area contributed by atoms with Crippen molar-refractivity contribution in [1.29, 1.82) is 0 Å². The van der Waals surface area contributed by atoms with Gasteiger partial charge in [0.25, 0.3) is 0 Å². The largest absolute Gasteiger partial charge is 0.481 e. The zero-order valence-corrected chi connectivity index (χ0v) is 13.4. The predicted molar refractivity (Wildman–Crippen MR) is 77.8 cm³/mol.